The first-order valence-corrected chi connectivity index (χ1v) is 6.88. The maximum absolute atomic E-state index is 5.94. The Morgan fingerprint density at radius 3 is 2.56 bits per heavy atom. The summed E-state index contributed by atoms with van der Waals surface area (Å²) in [6, 6.07) is 7.86. The van der Waals surface area contributed by atoms with Crippen molar-refractivity contribution in [2.75, 3.05) is 6.61 Å². The highest BCUT2D eigenvalue weighted by Gasteiger charge is 2.11. The van der Waals surface area contributed by atoms with Gasteiger partial charge in [-0.2, -0.15) is 0 Å². The lowest BCUT2D eigenvalue weighted by Crippen LogP contribution is -2.07. The largest absolute Gasteiger partial charge is 0.494 e. The molecule has 0 bridgehead atoms. The highest BCUT2D eigenvalue weighted by molar-refractivity contribution is 7.14. The Bertz CT molecular complexity index is 495. The molecule has 18 heavy (non-hydrogen) atoms. The quantitative estimate of drug-likeness (QED) is 0.900. The average Bonchev–Trinajstić information content (AvgIpc) is 2.89. The molecule has 0 saturated heterocycles. The summed E-state index contributed by atoms with van der Waals surface area (Å²) < 4.78 is 5.40. The van der Waals surface area contributed by atoms with Gasteiger partial charge < -0.3 is 10.5 Å². The molecule has 0 aliphatic rings. The third kappa shape index (κ3) is 2.86. The second-order valence-corrected chi connectivity index (χ2v) is 4.93. The molecule has 1 aromatic carbocycles. The zero-order chi connectivity index (χ0) is 13.0. The Morgan fingerprint density at radius 2 is 1.94 bits per heavy atom. The van der Waals surface area contributed by atoms with Crippen LogP contribution in [0.25, 0.3) is 10.6 Å². The molecule has 2 aromatic rings. The fourth-order valence-corrected chi connectivity index (χ4v) is 2.47. The maximum Gasteiger partial charge on any atom is 0.147 e. The molecule has 96 valence electrons. The van der Waals surface area contributed by atoms with Gasteiger partial charge in [-0.05, 0) is 37.6 Å². The number of ether oxygens (including phenoxy) is 1. The van der Waals surface area contributed by atoms with Crippen LogP contribution in [0.3, 0.4) is 0 Å². The third-order valence-corrected chi connectivity index (χ3v) is 3.71. The molecule has 2 N–H and O–H groups in total. The zero-order valence-electron chi connectivity index (χ0n) is 10.6. The summed E-state index contributed by atoms with van der Waals surface area (Å²) in [5, 5.41) is 10.1. The van der Waals surface area contributed by atoms with Crippen LogP contribution in [0, 0.1) is 0 Å². The highest BCUT2D eigenvalue weighted by atomic mass is 32.1. The fourth-order valence-electron chi connectivity index (χ4n) is 1.54. The maximum atomic E-state index is 5.94. The van der Waals surface area contributed by atoms with Crippen LogP contribution >= 0.6 is 11.3 Å². The van der Waals surface area contributed by atoms with E-state index < -0.39 is 0 Å². The molecule has 1 unspecified atom stereocenters. The van der Waals surface area contributed by atoms with Crippen molar-refractivity contribution in [3.8, 4) is 16.3 Å². The van der Waals surface area contributed by atoms with Gasteiger partial charge in [-0.1, -0.05) is 18.3 Å². The lowest BCUT2D eigenvalue weighted by Gasteiger charge is -2.03. The van der Waals surface area contributed by atoms with E-state index in [1.807, 2.05) is 38.1 Å². The molecule has 0 amide bonds. The van der Waals surface area contributed by atoms with Crippen molar-refractivity contribution >= 4 is 11.3 Å². The summed E-state index contributed by atoms with van der Waals surface area (Å²) >= 11 is 1.55. The van der Waals surface area contributed by atoms with Crippen molar-refractivity contribution in [2.45, 2.75) is 26.3 Å². The molecule has 0 fully saturated rings. The van der Waals surface area contributed by atoms with E-state index in [1.165, 1.54) is 0 Å². The van der Waals surface area contributed by atoms with Gasteiger partial charge in [0.25, 0.3) is 0 Å². The van der Waals surface area contributed by atoms with Crippen LogP contribution in [0.1, 0.15) is 31.3 Å². The summed E-state index contributed by atoms with van der Waals surface area (Å²) in [6.45, 7) is 4.69. The van der Waals surface area contributed by atoms with Crippen molar-refractivity contribution in [1.29, 1.82) is 0 Å². The lowest BCUT2D eigenvalue weighted by molar-refractivity contribution is 0.340. The first kappa shape index (κ1) is 13.0. The number of nitrogens with zero attached hydrogens (tertiary/aromatic N) is 2. The first-order chi connectivity index (χ1) is 8.74. The molecular formula is C13H17N3OS. The van der Waals surface area contributed by atoms with E-state index in [4.69, 9.17) is 10.5 Å². The van der Waals surface area contributed by atoms with Crippen LogP contribution in [-0.4, -0.2) is 16.8 Å². The van der Waals surface area contributed by atoms with Crippen LogP contribution < -0.4 is 10.5 Å². The van der Waals surface area contributed by atoms with Gasteiger partial charge in [0.1, 0.15) is 15.8 Å². The van der Waals surface area contributed by atoms with Gasteiger partial charge in [0, 0.05) is 5.56 Å². The van der Waals surface area contributed by atoms with Gasteiger partial charge in [0.15, 0.2) is 0 Å². The number of hydrogen-bond donors (Lipinski definition) is 1. The van der Waals surface area contributed by atoms with Gasteiger partial charge in [-0.15, -0.1) is 10.2 Å². The number of rotatable bonds is 5. The molecule has 4 nitrogen and oxygen atoms in total. The smallest absolute Gasteiger partial charge is 0.147 e. The minimum Gasteiger partial charge on any atom is -0.494 e. The molecule has 0 aliphatic heterocycles. The minimum atomic E-state index is -0.0149. The Kier molecular flexibility index (Phi) is 4.28. The van der Waals surface area contributed by atoms with E-state index in [2.05, 4.69) is 10.2 Å². The van der Waals surface area contributed by atoms with E-state index in [0.29, 0.717) is 6.61 Å². The molecule has 0 aliphatic carbocycles. The monoisotopic (exact) mass is 263 g/mol. The van der Waals surface area contributed by atoms with Crippen molar-refractivity contribution in [3.05, 3.63) is 29.3 Å². The van der Waals surface area contributed by atoms with E-state index in [0.717, 1.165) is 27.7 Å². The molecule has 1 aromatic heterocycles. The predicted octanol–water partition coefficient (Wildman–Crippen LogP) is 3.01. The molecule has 1 heterocycles. The fraction of sp³-hybridized carbons (Fsp3) is 0.385. The SMILES string of the molecule is CCOc1ccc(-c2nnc(C(N)CC)s2)cc1. The Hall–Kier alpha value is -1.46. The second-order valence-electron chi connectivity index (χ2n) is 3.92. The van der Waals surface area contributed by atoms with Crippen LogP contribution in [0.15, 0.2) is 24.3 Å². The summed E-state index contributed by atoms with van der Waals surface area (Å²) in [7, 11) is 0. The normalized spacial score (nSPS) is 12.4. The lowest BCUT2D eigenvalue weighted by atomic mass is 10.2. The number of benzene rings is 1. The van der Waals surface area contributed by atoms with Gasteiger partial charge in [0.2, 0.25) is 0 Å². The molecule has 0 saturated carbocycles. The molecule has 0 spiro atoms. The predicted molar refractivity (Wildman–Crippen MR) is 73.7 cm³/mol. The molecule has 2 rings (SSSR count). The van der Waals surface area contributed by atoms with E-state index in [9.17, 15) is 0 Å². The Morgan fingerprint density at radius 1 is 1.22 bits per heavy atom. The van der Waals surface area contributed by atoms with E-state index in [-0.39, 0.29) is 6.04 Å². The average molecular weight is 263 g/mol. The topological polar surface area (TPSA) is 61.0 Å². The van der Waals surface area contributed by atoms with E-state index >= 15 is 0 Å². The van der Waals surface area contributed by atoms with Crippen LogP contribution in [0.5, 0.6) is 5.75 Å². The van der Waals surface area contributed by atoms with Crippen molar-refractivity contribution in [2.24, 2.45) is 5.73 Å². The van der Waals surface area contributed by atoms with Crippen LogP contribution in [0.4, 0.5) is 0 Å². The summed E-state index contributed by atoms with van der Waals surface area (Å²) in [5.41, 5.74) is 6.98. The van der Waals surface area contributed by atoms with Crippen LogP contribution in [-0.2, 0) is 0 Å². The number of hydrogen-bond acceptors (Lipinski definition) is 5. The summed E-state index contributed by atoms with van der Waals surface area (Å²) in [5.74, 6) is 0.872. The van der Waals surface area contributed by atoms with Gasteiger partial charge in [-0.3, -0.25) is 0 Å². The number of aromatic nitrogens is 2. The third-order valence-electron chi connectivity index (χ3n) is 2.61. The molecule has 1 atom stereocenters. The first-order valence-electron chi connectivity index (χ1n) is 6.06. The summed E-state index contributed by atoms with van der Waals surface area (Å²) in [6.07, 6.45) is 0.873. The standard InChI is InChI=1S/C13H17N3OS/c1-3-11(14)13-16-15-12(18-13)9-5-7-10(8-6-9)17-4-2/h5-8,11H,3-4,14H2,1-2H3. The van der Waals surface area contributed by atoms with Gasteiger partial charge >= 0.3 is 0 Å². The summed E-state index contributed by atoms with van der Waals surface area (Å²) in [4.78, 5) is 0. The van der Waals surface area contributed by atoms with Gasteiger partial charge in [-0.25, -0.2) is 0 Å². The number of nitrogens with two attached hydrogens (primary N) is 1. The Labute approximate surface area is 111 Å². The van der Waals surface area contributed by atoms with Crippen molar-refractivity contribution in [1.82, 2.24) is 10.2 Å². The Balaban J connectivity index is 2.18. The highest BCUT2D eigenvalue weighted by Crippen LogP contribution is 2.28. The minimum absolute atomic E-state index is 0.0149. The van der Waals surface area contributed by atoms with E-state index in [1.54, 1.807) is 11.3 Å². The second kappa shape index (κ2) is 5.93. The van der Waals surface area contributed by atoms with Crippen molar-refractivity contribution < 1.29 is 4.74 Å². The van der Waals surface area contributed by atoms with Crippen molar-refractivity contribution in [3.63, 3.8) is 0 Å². The zero-order valence-corrected chi connectivity index (χ0v) is 11.4. The molecule has 5 heteroatoms. The van der Waals surface area contributed by atoms with Crippen LogP contribution in [0.2, 0.25) is 0 Å². The molecular weight excluding hydrogens is 246 g/mol. The van der Waals surface area contributed by atoms with Gasteiger partial charge in [0.05, 0.1) is 12.6 Å². The molecule has 0 radical (unpaired) electrons.